The number of nitrogens with zero attached hydrogens (tertiary/aromatic N) is 3. The van der Waals surface area contributed by atoms with Gasteiger partial charge in [-0.15, -0.1) is 0 Å². The Hall–Kier alpha value is -2.36. The highest BCUT2D eigenvalue weighted by Gasteiger charge is 2.37. The minimum absolute atomic E-state index is 0.0353. The van der Waals surface area contributed by atoms with Crippen molar-refractivity contribution in [2.75, 3.05) is 51.3 Å². The molecule has 10 heteroatoms. The molecule has 0 unspecified atom stereocenters. The van der Waals surface area contributed by atoms with Crippen LogP contribution < -0.4 is 9.64 Å². The van der Waals surface area contributed by atoms with Crippen molar-refractivity contribution in [3.8, 4) is 5.75 Å². The molecule has 0 saturated carbocycles. The molecule has 7 nitrogen and oxygen atoms in total. The SMILES string of the molecule is COc1ccc(F)cc1S(=O)(=O)N1CCC[C@H](C(=O)N2CCN(c3cccc(Cl)c3)CC2)C1. The molecule has 0 aromatic heterocycles. The van der Waals surface area contributed by atoms with Gasteiger partial charge in [0.25, 0.3) is 0 Å². The van der Waals surface area contributed by atoms with Gasteiger partial charge < -0.3 is 14.5 Å². The van der Waals surface area contributed by atoms with E-state index in [1.807, 2.05) is 29.2 Å². The maximum atomic E-state index is 13.8. The fourth-order valence-corrected chi connectivity index (χ4v) is 6.35. The van der Waals surface area contributed by atoms with E-state index in [1.165, 1.54) is 17.5 Å². The van der Waals surface area contributed by atoms with Crippen LogP contribution in [0.25, 0.3) is 0 Å². The summed E-state index contributed by atoms with van der Waals surface area (Å²) < 4.78 is 46.7. The normalized spacial score (nSPS) is 20.0. The number of anilines is 1. The quantitative estimate of drug-likeness (QED) is 0.637. The number of piperidine rings is 1. The summed E-state index contributed by atoms with van der Waals surface area (Å²) in [6, 6.07) is 11.1. The van der Waals surface area contributed by atoms with Crippen molar-refractivity contribution in [2.24, 2.45) is 5.92 Å². The van der Waals surface area contributed by atoms with Gasteiger partial charge in [0.05, 0.1) is 13.0 Å². The van der Waals surface area contributed by atoms with Crippen molar-refractivity contribution in [1.29, 1.82) is 0 Å². The van der Waals surface area contributed by atoms with Gasteiger partial charge in [-0.05, 0) is 49.2 Å². The molecule has 1 amide bonds. The lowest BCUT2D eigenvalue weighted by molar-refractivity contribution is -0.137. The minimum atomic E-state index is -4.00. The summed E-state index contributed by atoms with van der Waals surface area (Å²) in [6.07, 6.45) is 1.19. The van der Waals surface area contributed by atoms with Crippen LogP contribution in [0.2, 0.25) is 5.02 Å². The number of methoxy groups -OCH3 is 1. The molecule has 0 bridgehead atoms. The van der Waals surface area contributed by atoms with Crippen LogP contribution in [0.15, 0.2) is 47.4 Å². The van der Waals surface area contributed by atoms with E-state index in [4.69, 9.17) is 16.3 Å². The largest absolute Gasteiger partial charge is 0.495 e. The van der Waals surface area contributed by atoms with E-state index >= 15 is 0 Å². The summed E-state index contributed by atoms with van der Waals surface area (Å²) in [5.74, 6) is -1.03. The Morgan fingerprint density at radius 2 is 1.85 bits per heavy atom. The monoisotopic (exact) mass is 495 g/mol. The van der Waals surface area contributed by atoms with Gasteiger partial charge in [0.15, 0.2) is 0 Å². The van der Waals surface area contributed by atoms with Gasteiger partial charge in [0.1, 0.15) is 16.5 Å². The standard InChI is InChI=1S/C23H27ClFN3O4S/c1-32-21-8-7-19(25)15-22(21)33(30,31)28-9-3-4-17(16-28)23(29)27-12-10-26(11-13-27)20-6-2-5-18(24)14-20/h2,5-8,14-15,17H,3-4,9-13,16H2,1H3/t17-/m0/s1. The number of hydrogen-bond acceptors (Lipinski definition) is 5. The van der Waals surface area contributed by atoms with E-state index in [2.05, 4.69) is 4.90 Å². The highest BCUT2D eigenvalue weighted by atomic mass is 35.5. The second kappa shape index (κ2) is 9.87. The van der Waals surface area contributed by atoms with Crippen LogP contribution in [0.1, 0.15) is 12.8 Å². The van der Waals surface area contributed by atoms with E-state index in [-0.39, 0.29) is 29.6 Å². The van der Waals surface area contributed by atoms with Crippen LogP contribution in [0, 0.1) is 11.7 Å². The number of amides is 1. The summed E-state index contributed by atoms with van der Waals surface area (Å²) in [7, 11) is -2.65. The molecule has 0 spiro atoms. The molecule has 0 aliphatic carbocycles. The van der Waals surface area contributed by atoms with Crippen LogP contribution in [0.3, 0.4) is 0 Å². The Morgan fingerprint density at radius 3 is 2.55 bits per heavy atom. The molecule has 2 aromatic carbocycles. The first kappa shape index (κ1) is 23.8. The van der Waals surface area contributed by atoms with Gasteiger partial charge in [0, 0.05) is 50.0 Å². The molecular weight excluding hydrogens is 469 g/mol. The van der Waals surface area contributed by atoms with Gasteiger partial charge in [-0.2, -0.15) is 4.31 Å². The van der Waals surface area contributed by atoms with Crippen LogP contribution in [-0.2, 0) is 14.8 Å². The zero-order valence-electron chi connectivity index (χ0n) is 18.4. The average molecular weight is 496 g/mol. The van der Waals surface area contributed by atoms with Crippen LogP contribution >= 0.6 is 11.6 Å². The van der Waals surface area contributed by atoms with Gasteiger partial charge >= 0.3 is 0 Å². The van der Waals surface area contributed by atoms with Crippen molar-refractivity contribution in [1.82, 2.24) is 9.21 Å². The second-order valence-corrected chi connectivity index (χ2v) is 10.6. The summed E-state index contributed by atoms with van der Waals surface area (Å²) in [5, 5.41) is 0.671. The third-order valence-corrected chi connectivity index (χ3v) is 8.36. The number of carbonyl (C=O) groups excluding carboxylic acids is 1. The predicted octanol–water partition coefficient (Wildman–Crippen LogP) is 3.24. The third kappa shape index (κ3) is 5.10. The number of rotatable bonds is 5. The number of carbonyl (C=O) groups is 1. The third-order valence-electron chi connectivity index (χ3n) is 6.24. The minimum Gasteiger partial charge on any atom is -0.495 e. The topological polar surface area (TPSA) is 70.2 Å². The first-order valence-electron chi connectivity index (χ1n) is 10.9. The predicted molar refractivity (Wildman–Crippen MR) is 125 cm³/mol. The lowest BCUT2D eigenvalue weighted by atomic mass is 9.97. The van der Waals surface area contributed by atoms with Gasteiger partial charge in [-0.25, -0.2) is 12.8 Å². The summed E-state index contributed by atoms with van der Waals surface area (Å²) in [4.78, 5) is 17.0. The highest BCUT2D eigenvalue weighted by Crippen LogP contribution is 2.31. The Morgan fingerprint density at radius 1 is 1.09 bits per heavy atom. The van der Waals surface area contributed by atoms with Crippen molar-refractivity contribution in [3.05, 3.63) is 53.3 Å². The molecule has 2 heterocycles. The van der Waals surface area contributed by atoms with E-state index in [0.29, 0.717) is 44.0 Å². The van der Waals surface area contributed by atoms with E-state index in [0.717, 1.165) is 17.8 Å². The molecule has 2 saturated heterocycles. The number of piperazine rings is 1. The van der Waals surface area contributed by atoms with E-state index in [1.54, 1.807) is 0 Å². The molecule has 0 N–H and O–H groups in total. The van der Waals surface area contributed by atoms with Crippen molar-refractivity contribution < 1.29 is 22.3 Å². The molecule has 33 heavy (non-hydrogen) atoms. The zero-order chi connectivity index (χ0) is 23.6. The maximum absolute atomic E-state index is 13.8. The molecule has 4 rings (SSSR count). The van der Waals surface area contributed by atoms with Crippen LogP contribution in [0.5, 0.6) is 5.75 Å². The lowest BCUT2D eigenvalue weighted by Crippen LogP contribution is -2.53. The first-order chi connectivity index (χ1) is 15.8. The maximum Gasteiger partial charge on any atom is 0.246 e. The molecule has 1 atom stereocenters. The van der Waals surface area contributed by atoms with Crippen molar-refractivity contribution in [3.63, 3.8) is 0 Å². The summed E-state index contributed by atoms with van der Waals surface area (Å²) in [5.41, 5.74) is 1.02. The van der Waals surface area contributed by atoms with Crippen LogP contribution in [-0.4, -0.2) is 69.9 Å². The van der Waals surface area contributed by atoms with Gasteiger partial charge in [0.2, 0.25) is 15.9 Å². The average Bonchev–Trinajstić information content (AvgIpc) is 2.83. The number of hydrogen-bond donors (Lipinski definition) is 0. The molecule has 2 fully saturated rings. The molecule has 178 valence electrons. The number of sulfonamides is 1. The number of halogens is 2. The van der Waals surface area contributed by atoms with Crippen LogP contribution in [0.4, 0.5) is 10.1 Å². The highest BCUT2D eigenvalue weighted by molar-refractivity contribution is 7.89. The summed E-state index contributed by atoms with van der Waals surface area (Å²) >= 11 is 6.09. The van der Waals surface area contributed by atoms with Crippen molar-refractivity contribution in [2.45, 2.75) is 17.7 Å². The fraction of sp³-hybridized carbons (Fsp3) is 0.435. The van der Waals surface area contributed by atoms with Crippen molar-refractivity contribution >= 4 is 33.2 Å². The smallest absolute Gasteiger partial charge is 0.246 e. The Balaban J connectivity index is 1.42. The van der Waals surface area contributed by atoms with E-state index in [9.17, 15) is 17.6 Å². The Bertz CT molecular complexity index is 1120. The second-order valence-electron chi connectivity index (χ2n) is 8.29. The first-order valence-corrected chi connectivity index (χ1v) is 12.7. The number of ether oxygens (including phenoxy) is 1. The van der Waals surface area contributed by atoms with E-state index < -0.39 is 21.8 Å². The molecule has 2 aromatic rings. The van der Waals surface area contributed by atoms with Gasteiger partial charge in [-0.1, -0.05) is 17.7 Å². The number of benzene rings is 2. The van der Waals surface area contributed by atoms with Gasteiger partial charge in [-0.3, -0.25) is 4.79 Å². The lowest BCUT2D eigenvalue weighted by Gasteiger charge is -2.39. The molecule has 2 aliphatic rings. The Kier molecular flexibility index (Phi) is 7.11. The molecular formula is C23H27ClFN3O4S. The molecule has 0 radical (unpaired) electrons. The molecule has 2 aliphatic heterocycles. The Labute approximate surface area is 198 Å². The zero-order valence-corrected chi connectivity index (χ0v) is 20.0. The summed E-state index contributed by atoms with van der Waals surface area (Å²) in [6.45, 7) is 2.85. The fourth-order valence-electron chi connectivity index (χ4n) is 4.47.